The van der Waals surface area contributed by atoms with Gasteiger partial charge in [0.05, 0.1) is 19.1 Å². The minimum atomic E-state index is -1.58. The first kappa shape index (κ1) is 23.5. The highest BCUT2D eigenvalue weighted by Gasteiger charge is 2.28. The molecule has 1 unspecified atom stereocenters. The molecule has 0 aliphatic heterocycles. The summed E-state index contributed by atoms with van der Waals surface area (Å²) in [6.45, 7) is 0.632. The first-order chi connectivity index (χ1) is 12.0. The molecule has 0 aromatic heterocycles. The van der Waals surface area contributed by atoms with Crippen molar-refractivity contribution in [1.82, 2.24) is 21.1 Å². The van der Waals surface area contributed by atoms with E-state index in [0.717, 1.165) is 5.01 Å². The number of hydrazine groups is 1. The molecule has 150 valence electrons. The summed E-state index contributed by atoms with van der Waals surface area (Å²) in [5, 5.41) is 32.0. The van der Waals surface area contributed by atoms with E-state index >= 15 is 0 Å². The van der Waals surface area contributed by atoms with Crippen LogP contribution in [0.2, 0.25) is 0 Å². The average Bonchev–Trinajstić information content (AvgIpc) is 2.54. The number of aliphatic hydroxyl groups is 2. The number of nitrogens with one attached hydrogen (secondary N) is 3. The maximum Gasteiger partial charge on any atom is 0.328 e. The van der Waals surface area contributed by atoms with Gasteiger partial charge >= 0.3 is 12.0 Å². The first-order valence-electron chi connectivity index (χ1n) is 7.63. The summed E-state index contributed by atoms with van der Waals surface area (Å²) >= 11 is 0. The van der Waals surface area contributed by atoms with Crippen molar-refractivity contribution in [3.8, 4) is 0 Å². The molecule has 13 nitrogen and oxygen atoms in total. The van der Waals surface area contributed by atoms with Crippen LogP contribution in [0.3, 0.4) is 0 Å². The molecule has 4 amide bonds. The van der Waals surface area contributed by atoms with Gasteiger partial charge in [0.15, 0.2) is 6.04 Å². The summed E-state index contributed by atoms with van der Waals surface area (Å²) in [5.74, 6) is -3.12. The summed E-state index contributed by atoms with van der Waals surface area (Å²) in [6.07, 6.45) is -1.37. The summed E-state index contributed by atoms with van der Waals surface area (Å²) in [6, 6.07) is -4.72. The number of aliphatic hydroxyl groups excluding tert-OH is 2. The SMILES string of the molecule is CC(O)[C@@H](N)CNN(C)C(=O)[C@@H](CC(N)=O)NC(=O)N[C@H](CO)C(=O)O. The number of nitrogens with zero attached hydrogens (tertiary/aromatic N) is 1. The van der Waals surface area contributed by atoms with Crippen molar-refractivity contribution in [3.05, 3.63) is 0 Å². The van der Waals surface area contributed by atoms with E-state index < -0.39 is 61.1 Å². The molecule has 0 spiro atoms. The molecule has 0 aromatic carbocycles. The van der Waals surface area contributed by atoms with E-state index in [-0.39, 0.29) is 6.54 Å². The number of aliphatic carboxylic acids is 1. The van der Waals surface area contributed by atoms with Gasteiger partial charge in [0.2, 0.25) is 5.91 Å². The lowest BCUT2D eigenvalue weighted by Crippen LogP contribution is -2.58. The number of hydrogen-bond donors (Lipinski definition) is 8. The second-order valence-electron chi connectivity index (χ2n) is 5.58. The van der Waals surface area contributed by atoms with E-state index in [9.17, 15) is 24.3 Å². The third-order valence-corrected chi connectivity index (χ3v) is 3.31. The monoisotopic (exact) mass is 378 g/mol. The van der Waals surface area contributed by atoms with Crippen molar-refractivity contribution < 1.29 is 34.5 Å². The van der Waals surface area contributed by atoms with Crippen LogP contribution in [0.25, 0.3) is 0 Å². The average molecular weight is 378 g/mol. The Balaban J connectivity index is 4.90. The second-order valence-corrected chi connectivity index (χ2v) is 5.58. The number of rotatable bonds is 11. The molecule has 0 aromatic rings. The van der Waals surface area contributed by atoms with E-state index in [2.05, 4.69) is 10.7 Å². The fraction of sp³-hybridized carbons (Fsp3) is 0.692. The highest BCUT2D eigenvalue weighted by Crippen LogP contribution is 1.98. The van der Waals surface area contributed by atoms with Crippen molar-refractivity contribution in [2.75, 3.05) is 20.2 Å². The molecule has 0 saturated carbocycles. The number of carbonyl (C=O) groups excluding carboxylic acids is 3. The number of carboxylic acid groups (broad SMARTS) is 1. The standard InChI is InChI=1S/C13H26N6O7/c1-6(21)7(14)4-16-19(2)11(23)8(3-10(15)22)17-13(26)18-9(5-20)12(24)25/h6-9,16,20-21H,3-5,14H2,1-2H3,(H2,15,22)(H,24,25)(H2,17,18,26)/t6?,7-,8+,9+/m0/s1. The number of likely N-dealkylation sites (N-methyl/N-ethyl adjacent to an activating group) is 1. The maximum atomic E-state index is 12.3. The second kappa shape index (κ2) is 11.2. The summed E-state index contributed by atoms with van der Waals surface area (Å²) in [7, 11) is 1.30. The van der Waals surface area contributed by atoms with Crippen LogP contribution in [0.15, 0.2) is 0 Å². The van der Waals surface area contributed by atoms with Gasteiger partial charge in [-0.25, -0.2) is 15.0 Å². The van der Waals surface area contributed by atoms with E-state index in [4.69, 9.17) is 21.7 Å². The number of urea groups is 1. The van der Waals surface area contributed by atoms with Crippen LogP contribution in [0.4, 0.5) is 4.79 Å². The van der Waals surface area contributed by atoms with E-state index in [1.807, 2.05) is 5.32 Å². The Kier molecular flexibility index (Phi) is 10.1. The Morgan fingerprint density at radius 3 is 2.12 bits per heavy atom. The number of primary amides is 1. The van der Waals surface area contributed by atoms with Gasteiger partial charge in [-0.15, -0.1) is 0 Å². The largest absolute Gasteiger partial charge is 0.480 e. The van der Waals surface area contributed by atoms with Gasteiger partial charge < -0.3 is 37.4 Å². The fourth-order valence-electron chi connectivity index (χ4n) is 1.67. The summed E-state index contributed by atoms with van der Waals surface area (Å²) in [5.41, 5.74) is 13.3. The van der Waals surface area contributed by atoms with Gasteiger partial charge in [0, 0.05) is 19.6 Å². The highest BCUT2D eigenvalue weighted by atomic mass is 16.4. The molecule has 0 aliphatic carbocycles. The predicted molar refractivity (Wildman–Crippen MR) is 88.2 cm³/mol. The van der Waals surface area contributed by atoms with Crippen LogP contribution in [-0.2, 0) is 14.4 Å². The third kappa shape index (κ3) is 8.57. The van der Waals surface area contributed by atoms with Gasteiger partial charge in [-0.2, -0.15) is 0 Å². The van der Waals surface area contributed by atoms with Crippen LogP contribution in [0, 0.1) is 0 Å². The van der Waals surface area contributed by atoms with Crippen molar-refractivity contribution in [1.29, 1.82) is 0 Å². The lowest BCUT2D eigenvalue weighted by molar-refractivity contribution is -0.140. The van der Waals surface area contributed by atoms with Crippen LogP contribution < -0.4 is 27.5 Å². The molecule has 0 fully saturated rings. The predicted octanol–water partition coefficient (Wildman–Crippen LogP) is -4.35. The molecule has 0 heterocycles. The van der Waals surface area contributed by atoms with Crippen molar-refractivity contribution in [3.63, 3.8) is 0 Å². The van der Waals surface area contributed by atoms with Crippen LogP contribution >= 0.6 is 0 Å². The van der Waals surface area contributed by atoms with E-state index in [1.165, 1.54) is 14.0 Å². The molecule has 0 saturated heterocycles. The van der Waals surface area contributed by atoms with Crippen molar-refractivity contribution >= 4 is 23.8 Å². The van der Waals surface area contributed by atoms with E-state index in [1.54, 1.807) is 0 Å². The third-order valence-electron chi connectivity index (χ3n) is 3.31. The fourth-order valence-corrected chi connectivity index (χ4v) is 1.67. The first-order valence-corrected chi connectivity index (χ1v) is 7.63. The minimum Gasteiger partial charge on any atom is -0.480 e. The molecule has 0 aliphatic rings. The Bertz CT molecular complexity index is 515. The van der Waals surface area contributed by atoms with Crippen LogP contribution in [-0.4, -0.2) is 88.6 Å². The summed E-state index contributed by atoms with van der Waals surface area (Å²) < 4.78 is 0. The molecule has 26 heavy (non-hydrogen) atoms. The Morgan fingerprint density at radius 2 is 1.69 bits per heavy atom. The number of carbonyl (C=O) groups is 4. The summed E-state index contributed by atoms with van der Waals surface area (Å²) in [4.78, 5) is 46.0. The van der Waals surface area contributed by atoms with Gasteiger partial charge in [-0.1, -0.05) is 0 Å². The van der Waals surface area contributed by atoms with Crippen LogP contribution in [0.1, 0.15) is 13.3 Å². The van der Waals surface area contributed by atoms with Crippen molar-refractivity contribution in [2.24, 2.45) is 11.5 Å². The quantitative estimate of drug-likeness (QED) is 0.162. The minimum absolute atomic E-state index is 0.0288. The number of carboxylic acids is 1. The normalized spacial score (nSPS) is 15.3. The topological polar surface area (TPSA) is 220 Å². The van der Waals surface area contributed by atoms with Gasteiger partial charge in [-0.3, -0.25) is 14.6 Å². The zero-order chi connectivity index (χ0) is 20.4. The van der Waals surface area contributed by atoms with Crippen LogP contribution in [0.5, 0.6) is 0 Å². The zero-order valence-corrected chi connectivity index (χ0v) is 14.5. The highest BCUT2D eigenvalue weighted by molar-refractivity contribution is 5.91. The molecule has 0 rings (SSSR count). The molecule has 10 N–H and O–H groups in total. The van der Waals surface area contributed by atoms with Crippen molar-refractivity contribution in [2.45, 2.75) is 37.6 Å². The molecule has 0 bridgehead atoms. The van der Waals surface area contributed by atoms with Gasteiger partial charge in [0.1, 0.15) is 6.04 Å². The number of nitrogens with two attached hydrogens (primary N) is 2. The number of hydrogen-bond acceptors (Lipinski definition) is 8. The molecular formula is C13H26N6O7. The smallest absolute Gasteiger partial charge is 0.328 e. The Hall–Kier alpha value is -2.48. The lowest BCUT2D eigenvalue weighted by Gasteiger charge is -2.26. The lowest BCUT2D eigenvalue weighted by atomic mass is 10.2. The molecule has 4 atom stereocenters. The number of amides is 4. The molecule has 0 radical (unpaired) electrons. The Morgan fingerprint density at radius 1 is 1.15 bits per heavy atom. The molecular weight excluding hydrogens is 352 g/mol. The molecule has 13 heteroatoms. The zero-order valence-electron chi connectivity index (χ0n) is 14.5. The van der Waals surface area contributed by atoms with Gasteiger partial charge in [0.25, 0.3) is 5.91 Å². The Labute approximate surface area is 149 Å². The van der Waals surface area contributed by atoms with E-state index in [0.29, 0.717) is 0 Å². The van der Waals surface area contributed by atoms with Gasteiger partial charge in [-0.05, 0) is 6.92 Å². The maximum absolute atomic E-state index is 12.3.